The van der Waals surface area contributed by atoms with Crippen molar-refractivity contribution in [3.05, 3.63) is 75.5 Å². The number of non-ortho nitro benzene ring substituents is 1. The Labute approximate surface area is 194 Å². The second-order valence-electron chi connectivity index (χ2n) is 7.50. The van der Waals surface area contributed by atoms with Crippen molar-refractivity contribution >= 4 is 37.9 Å². The monoisotopic (exact) mass is 501 g/mol. The molecule has 8 nitrogen and oxygen atoms in total. The third kappa shape index (κ3) is 5.16. The van der Waals surface area contributed by atoms with Gasteiger partial charge in [0.25, 0.3) is 17.5 Å². The molecule has 3 rings (SSSR count). The summed E-state index contributed by atoms with van der Waals surface area (Å²) < 4.78 is 5.81. The van der Waals surface area contributed by atoms with Crippen LogP contribution in [0.3, 0.4) is 0 Å². The van der Waals surface area contributed by atoms with Gasteiger partial charge in [0.15, 0.2) is 0 Å². The van der Waals surface area contributed by atoms with Gasteiger partial charge < -0.3 is 15.0 Å². The number of para-hydroxylation sites is 1. The fourth-order valence-corrected chi connectivity index (χ4v) is 4.31. The summed E-state index contributed by atoms with van der Waals surface area (Å²) in [5.74, 6) is -0.336. The Morgan fingerprint density at radius 1 is 1.12 bits per heavy atom. The van der Waals surface area contributed by atoms with E-state index < -0.39 is 10.8 Å². The van der Waals surface area contributed by atoms with Crippen LogP contribution in [0.15, 0.2) is 54.2 Å². The van der Waals surface area contributed by atoms with Gasteiger partial charge in [-0.2, -0.15) is 0 Å². The van der Waals surface area contributed by atoms with E-state index in [4.69, 9.17) is 4.74 Å². The number of nitrogens with one attached hydrogen (secondary N) is 1. The third-order valence-corrected chi connectivity index (χ3v) is 6.37. The van der Waals surface area contributed by atoms with Crippen LogP contribution in [0.2, 0.25) is 0 Å². The van der Waals surface area contributed by atoms with Gasteiger partial charge in [0.2, 0.25) is 0 Å². The molecule has 2 aromatic rings. The highest BCUT2D eigenvalue weighted by atomic mass is 79.9. The lowest BCUT2D eigenvalue weighted by Gasteiger charge is -2.26. The predicted molar refractivity (Wildman–Crippen MR) is 124 cm³/mol. The van der Waals surface area contributed by atoms with E-state index in [9.17, 15) is 19.7 Å². The minimum Gasteiger partial charge on any atom is -0.496 e. The molecule has 1 aliphatic carbocycles. The molecule has 168 valence electrons. The van der Waals surface area contributed by atoms with Crippen LogP contribution < -0.4 is 10.1 Å². The Morgan fingerprint density at radius 3 is 2.34 bits per heavy atom. The van der Waals surface area contributed by atoms with Gasteiger partial charge in [-0.1, -0.05) is 31.0 Å². The molecule has 0 bridgehead atoms. The van der Waals surface area contributed by atoms with Crippen LogP contribution >= 0.6 is 15.9 Å². The summed E-state index contributed by atoms with van der Waals surface area (Å²) in [6.07, 6.45) is 3.95. The number of amides is 2. The van der Waals surface area contributed by atoms with E-state index >= 15 is 0 Å². The van der Waals surface area contributed by atoms with Crippen LogP contribution in [-0.4, -0.2) is 41.8 Å². The van der Waals surface area contributed by atoms with E-state index in [1.807, 2.05) is 6.07 Å². The van der Waals surface area contributed by atoms with Crippen molar-refractivity contribution in [2.24, 2.45) is 0 Å². The van der Waals surface area contributed by atoms with E-state index in [-0.39, 0.29) is 28.9 Å². The van der Waals surface area contributed by atoms with Crippen molar-refractivity contribution in [1.29, 1.82) is 0 Å². The molecular formula is C23H24BrN3O5. The summed E-state index contributed by atoms with van der Waals surface area (Å²) in [5.41, 5.74) is 0.767. The average molecular weight is 502 g/mol. The number of benzene rings is 2. The molecule has 0 heterocycles. The number of halogens is 1. The summed E-state index contributed by atoms with van der Waals surface area (Å²) in [6, 6.07) is 12.5. The zero-order valence-electron chi connectivity index (χ0n) is 17.8. The minimum atomic E-state index is -0.546. The second-order valence-corrected chi connectivity index (χ2v) is 8.29. The molecule has 2 aromatic carbocycles. The van der Waals surface area contributed by atoms with Crippen LogP contribution in [0, 0.1) is 10.1 Å². The van der Waals surface area contributed by atoms with Crippen LogP contribution in [0.1, 0.15) is 41.6 Å². The standard InChI is InChI=1S/C23H24BrN3O5/c1-26(16-7-3-4-8-16)23(29)21(20(24)18-9-5-6-10-19(18)32-2)25-22(28)15-11-13-17(14-12-15)27(30)31/h5-6,9-14,16H,3-4,7-8H2,1-2H3,(H,25,28). The number of ether oxygens (including phenoxy) is 1. The van der Waals surface area contributed by atoms with Crippen molar-refractivity contribution < 1.29 is 19.2 Å². The summed E-state index contributed by atoms with van der Waals surface area (Å²) >= 11 is 3.50. The maximum absolute atomic E-state index is 13.4. The molecule has 0 aliphatic heterocycles. The molecule has 2 amide bonds. The Kier molecular flexibility index (Phi) is 7.63. The molecule has 9 heteroatoms. The molecule has 32 heavy (non-hydrogen) atoms. The number of hydrogen-bond donors (Lipinski definition) is 1. The lowest BCUT2D eigenvalue weighted by atomic mass is 10.1. The summed E-state index contributed by atoms with van der Waals surface area (Å²) in [4.78, 5) is 38.4. The lowest BCUT2D eigenvalue weighted by Crippen LogP contribution is -2.41. The number of nitro groups is 1. The minimum absolute atomic E-state index is 0.0762. The van der Waals surface area contributed by atoms with Gasteiger partial charge in [0.05, 0.1) is 16.5 Å². The number of hydrogen-bond acceptors (Lipinski definition) is 5. The smallest absolute Gasteiger partial charge is 0.271 e. The molecule has 0 atom stereocenters. The van der Waals surface area contributed by atoms with E-state index in [1.54, 1.807) is 30.1 Å². The number of nitro benzene ring substituents is 1. The lowest BCUT2D eigenvalue weighted by molar-refractivity contribution is -0.384. The zero-order valence-corrected chi connectivity index (χ0v) is 19.4. The zero-order chi connectivity index (χ0) is 23.3. The number of carbonyl (C=O) groups excluding carboxylic acids is 2. The Bertz CT molecular complexity index is 1050. The van der Waals surface area contributed by atoms with E-state index in [0.29, 0.717) is 15.8 Å². The van der Waals surface area contributed by atoms with Crippen molar-refractivity contribution in [1.82, 2.24) is 10.2 Å². The Morgan fingerprint density at radius 2 is 1.75 bits per heavy atom. The summed E-state index contributed by atoms with van der Waals surface area (Å²) in [7, 11) is 3.26. The molecule has 1 N–H and O–H groups in total. The van der Waals surface area contributed by atoms with Crippen LogP contribution in [0.4, 0.5) is 5.69 Å². The molecule has 0 spiro atoms. The van der Waals surface area contributed by atoms with E-state index in [2.05, 4.69) is 21.2 Å². The highest BCUT2D eigenvalue weighted by Gasteiger charge is 2.29. The van der Waals surface area contributed by atoms with Crippen LogP contribution in [-0.2, 0) is 4.79 Å². The first-order chi connectivity index (χ1) is 15.3. The van der Waals surface area contributed by atoms with Gasteiger partial charge in [0, 0.05) is 36.3 Å². The molecule has 0 saturated heterocycles. The van der Waals surface area contributed by atoms with Gasteiger partial charge in [-0.15, -0.1) is 0 Å². The number of carbonyl (C=O) groups is 2. The fraction of sp³-hybridized carbons (Fsp3) is 0.304. The SMILES string of the molecule is COc1ccccc1C(Br)=C(NC(=O)c1ccc([N+](=O)[O-])cc1)C(=O)N(C)C1CCCC1. The van der Waals surface area contributed by atoms with Gasteiger partial charge in [-0.25, -0.2) is 0 Å². The average Bonchev–Trinajstić information content (AvgIpc) is 3.36. The van der Waals surface area contributed by atoms with Gasteiger partial charge >= 0.3 is 0 Å². The first-order valence-corrected chi connectivity index (χ1v) is 11.0. The van der Waals surface area contributed by atoms with Gasteiger partial charge in [0.1, 0.15) is 11.4 Å². The molecule has 0 unspecified atom stereocenters. The van der Waals surface area contributed by atoms with E-state index in [1.165, 1.54) is 31.4 Å². The van der Waals surface area contributed by atoms with Gasteiger partial charge in [-0.05, 0) is 47.0 Å². The fourth-order valence-electron chi connectivity index (χ4n) is 3.72. The molecule has 0 radical (unpaired) electrons. The Balaban J connectivity index is 1.98. The van der Waals surface area contributed by atoms with Gasteiger partial charge in [-0.3, -0.25) is 19.7 Å². The predicted octanol–water partition coefficient (Wildman–Crippen LogP) is 4.50. The third-order valence-electron chi connectivity index (χ3n) is 5.55. The maximum atomic E-state index is 13.4. The van der Waals surface area contributed by atoms with Crippen LogP contribution in [0.5, 0.6) is 5.75 Å². The number of nitrogens with zero attached hydrogens (tertiary/aromatic N) is 2. The highest BCUT2D eigenvalue weighted by molar-refractivity contribution is 9.15. The van der Waals surface area contributed by atoms with E-state index in [0.717, 1.165) is 25.7 Å². The first kappa shape index (κ1) is 23.5. The number of likely N-dealkylation sites (N-methyl/N-ethyl adjacent to an activating group) is 1. The summed E-state index contributed by atoms with van der Waals surface area (Å²) in [6.45, 7) is 0. The quantitative estimate of drug-likeness (QED) is 0.341. The normalized spacial score (nSPS) is 14.5. The highest BCUT2D eigenvalue weighted by Crippen LogP contribution is 2.33. The largest absolute Gasteiger partial charge is 0.496 e. The maximum Gasteiger partial charge on any atom is 0.271 e. The molecule has 1 fully saturated rings. The van der Waals surface area contributed by atoms with Crippen molar-refractivity contribution in [3.8, 4) is 5.75 Å². The molecule has 1 saturated carbocycles. The van der Waals surface area contributed by atoms with Crippen molar-refractivity contribution in [2.75, 3.05) is 14.2 Å². The topological polar surface area (TPSA) is 102 Å². The summed E-state index contributed by atoms with van der Waals surface area (Å²) in [5, 5.41) is 13.6. The molecule has 1 aliphatic rings. The molecular weight excluding hydrogens is 478 g/mol. The second kappa shape index (κ2) is 10.4. The Hall–Kier alpha value is -3.20. The first-order valence-electron chi connectivity index (χ1n) is 10.2. The van der Waals surface area contributed by atoms with Crippen molar-refractivity contribution in [3.63, 3.8) is 0 Å². The van der Waals surface area contributed by atoms with Crippen LogP contribution in [0.25, 0.3) is 4.48 Å². The van der Waals surface area contributed by atoms with Crippen molar-refractivity contribution in [2.45, 2.75) is 31.7 Å². The number of methoxy groups -OCH3 is 1. The number of rotatable bonds is 7. The molecule has 0 aromatic heterocycles.